The molecular weight excluding hydrogens is 483 g/mol. The largest absolute Gasteiger partial charge is 0.383 e. The van der Waals surface area contributed by atoms with E-state index < -0.39 is 0 Å². The van der Waals surface area contributed by atoms with E-state index in [1.54, 1.807) is 7.11 Å². The number of ether oxygens (including phenoxy) is 1. The van der Waals surface area contributed by atoms with Gasteiger partial charge in [0.25, 0.3) is 0 Å². The summed E-state index contributed by atoms with van der Waals surface area (Å²) in [5.41, 5.74) is 1.02. The number of rotatable bonds is 7. The van der Waals surface area contributed by atoms with Crippen LogP contribution < -0.4 is 5.32 Å². The average molecular weight is 520 g/mol. The molecule has 2 aliphatic rings. The Morgan fingerprint density at radius 2 is 1.93 bits per heavy atom. The highest BCUT2D eigenvalue weighted by Gasteiger charge is 2.23. The monoisotopic (exact) mass is 520 g/mol. The molecule has 2 fully saturated rings. The van der Waals surface area contributed by atoms with Crippen LogP contribution >= 0.6 is 24.0 Å². The topological polar surface area (TPSA) is 69.4 Å². The molecule has 0 atom stereocenters. The Hall–Kier alpha value is -0.910. The molecule has 8 nitrogen and oxygen atoms in total. The smallest absolute Gasteiger partial charge is 0.193 e. The van der Waals surface area contributed by atoms with E-state index in [0.717, 1.165) is 75.8 Å². The fraction of sp³-hybridized carbons (Fsp3) is 0.800. The number of aryl methyl sites for hydroxylation is 1. The maximum absolute atomic E-state index is 5.19. The van der Waals surface area contributed by atoms with Crippen LogP contribution in [-0.4, -0.2) is 98.9 Å². The van der Waals surface area contributed by atoms with Crippen LogP contribution in [0, 0.1) is 12.8 Å². The first-order chi connectivity index (χ1) is 13.7. The van der Waals surface area contributed by atoms with Crippen LogP contribution in [-0.2, 0) is 11.3 Å². The summed E-state index contributed by atoms with van der Waals surface area (Å²) in [7, 11) is 3.66. The van der Waals surface area contributed by atoms with Gasteiger partial charge in [-0.3, -0.25) is 9.89 Å². The van der Waals surface area contributed by atoms with E-state index in [1.165, 1.54) is 25.9 Å². The number of guanidine groups is 1. The number of halogens is 1. The van der Waals surface area contributed by atoms with Crippen molar-refractivity contribution in [2.75, 3.05) is 73.1 Å². The molecule has 9 heteroatoms. The molecular formula is C20H37IN6O2. The molecule has 1 N–H and O–H groups in total. The molecule has 1 aromatic rings. The molecule has 0 saturated carbocycles. The van der Waals surface area contributed by atoms with Crippen LogP contribution in [0.3, 0.4) is 0 Å². The first-order valence-corrected chi connectivity index (χ1v) is 10.5. The number of piperidine rings is 1. The standard InChI is InChI=1S/C20H36N6O2.HI/c1-17-14-19(23-28-17)16-25-8-10-26(11-9-25)20(21-2)22-15-18-4-6-24(7-5-18)12-13-27-3;/h14,18H,4-13,15-16H2,1-3H3,(H,21,22);1H. The summed E-state index contributed by atoms with van der Waals surface area (Å²) in [6, 6.07) is 2.02. The number of methoxy groups -OCH3 is 1. The first-order valence-electron chi connectivity index (χ1n) is 10.5. The number of nitrogens with one attached hydrogen (secondary N) is 1. The minimum Gasteiger partial charge on any atom is -0.383 e. The lowest BCUT2D eigenvalue weighted by atomic mass is 9.97. The third kappa shape index (κ3) is 7.69. The van der Waals surface area contributed by atoms with Gasteiger partial charge in [0, 0.05) is 66.0 Å². The fourth-order valence-corrected chi connectivity index (χ4v) is 4.04. The Morgan fingerprint density at radius 1 is 1.21 bits per heavy atom. The molecule has 0 bridgehead atoms. The van der Waals surface area contributed by atoms with Gasteiger partial charge >= 0.3 is 0 Å². The van der Waals surface area contributed by atoms with Gasteiger partial charge in [-0.1, -0.05) is 5.16 Å². The molecule has 2 saturated heterocycles. The van der Waals surface area contributed by atoms with Crippen molar-refractivity contribution in [3.8, 4) is 0 Å². The molecule has 1 aromatic heterocycles. The van der Waals surface area contributed by atoms with Gasteiger partial charge in [0.05, 0.1) is 12.3 Å². The number of aromatic nitrogens is 1. The average Bonchev–Trinajstić information content (AvgIpc) is 3.13. The lowest BCUT2D eigenvalue weighted by Gasteiger charge is -2.37. The number of hydrogen-bond acceptors (Lipinski definition) is 6. The van der Waals surface area contributed by atoms with Crippen molar-refractivity contribution in [1.29, 1.82) is 0 Å². The quantitative estimate of drug-likeness (QED) is 0.333. The van der Waals surface area contributed by atoms with Gasteiger partial charge in [0.2, 0.25) is 0 Å². The highest BCUT2D eigenvalue weighted by atomic mass is 127. The van der Waals surface area contributed by atoms with Crippen LogP contribution in [0.1, 0.15) is 24.3 Å². The molecule has 0 unspecified atom stereocenters. The van der Waals surface area contributed by atoms with Gasteiger partial charge in [0.1, 0.15) is 5.76 Å². The Balaban J connectivity index is 0.00000300. The van der Waals surface area contributed by atoms with Crippen LogP contribution in [0.2, 0.25) is 0 Å². The van der Waals surface area contributed by atoms with Crippen LogP contribution in [0.4, 0.5) is 0 Å². The zero-order chi connectivity index (χ0) is 19.8. The maximum atomic E-state index is 5.19. The van der Waals surface area contributed by atoms with E-state index in [4.69, 9.17) is 9.26 Å². The Kier molecular flexibility index (Phi) is 10.7. The molecule has 166 valence electrons. The number of nitrogens with zero attached hydrogens (tertiary/aromatic N) is 5. The third-order valence-corrected chi connectivity index (χ3v) is 5.81. The summed E-state index contributed by atoms with van der Waals surface area (Å²) in [5, 5.41) is 7.73. The first kappa shape index (κ1) is 24.4. The van der Waals surface area contributed by atoms with E-state index in [1.807, 2.05) is 20.0 Å². The zero-order valence-electron chi connectivity index (χ0n) is 18.1. The second kappa shape index (κ2) is 12.7. The van der Waals surface area contributed by atoms with E-state index in [2.05, 4.69) is 30.2 Å². The SMILES string of the molecule is CN=C(NCC1CCN(CCOC)CC1)N1CCN(Cc2cc(C)on2)CC1.I. The van der Waals surface area contributed by atoms with Crippen LogP contribution in [0.5, 0.6) is 0 Å². The van der Waals surface area contributed by atoms with Gasteiger partial charge in [-0.2, -0.15) is 0 Å². The predicted octanol–water partition coefficient (Wildman–Crippen LogP) is 1.65. The molecule has 3 rings (SSSR count). The molecule has 0 aliphatic carbocycles. The maximum Gasteiger partial charge on any atom is 0.193 e. The highest BCUT2D eigenvalue weighted by Crippen LogP contribution is 2.16. The lowest BCUT2D eigenvalue weighted by Crippen LogP contribution is -2.53. The number of aliphatic imine (C=N–C) groups is 1. The molecule has 2 aliphatic heterocycles. The van der Waals surface area contributed by atoms with E-state index >= 15 is 0 Å². The van der Waals surface area contributed by atoms with Crippen molar-refractivity contribution in [2.24, 2.45) is 10.9 Å². The second-order valence-electron chi connectivity index (χ2n) is 7.90. The Bertz CT molecular complexity index is 610. The lowest BCUT2D eigenvalue weighted by molar-refractivity contribution is 0.120. The summed E-state index contributed by atoms with van der Waals surface area (Å²) in [4.78, 5) is 11.8. The summed E-state index contributed by atoms with van der Waals surface area (Å²) in [6.45, 7) is 12.1. The van der Waals surface area contributed by atoms with Crippen molar-refractivity contribution in [1.82, 2.24) is 25.2 Å². The third-order valence-electron chi connectivity index (χ3n) is 5.81. The van der Waals surface area contributed by atoms with Crippen molar-refractivity contribution >= 4 is 29.9 Å². The number of piperazine rings is 1. The molecule has 0 radical (unpaired) electrons. The van der Waals surface area contributed by atoms with Gasteiger partial charge < -0.3 is 24.4 Å². The molecule has 0 amide bonds. The molecule has 29 heavy (non-hydrogen) atoms. The van der Waals surface area contributed by atoms with Crippen molar-refractivity contribution in [3.05, 3.63) is 17.5 Å². The van der Waals surface area contributed by atoms with E-state index in [9.17, 15) is 0 Å². The van der Waals surface area contributed by atoms with E-state index in [-0.39, 0.29) is 24.0 Å². The minimum atomic E-state index is 0. The van der Waals surface area contributed by atoms with E-state index in [0.29, 0.717) is 0 Å². The summed E-state index contributed by atoms with van der Waals surface area (Å²) in [6.07, 6.45) is 2.50. The summed E-state index contributed by atoms with van der Waals surface area (Å²) >= 11 is 0. The predicted molar refractivity (Wildman–Crippen MR) is 126 cm³/mol. The van der Waals surface area contributed by atoms with Gasteiger partial charge in [-0.05, 0) is 38.8 Å². The Morgan fingerprint density at radius 3 is 2.52 bits per heavy atom. The fourth-order valence-electron chi connectivity index (χ4n) is 4.04. The number of likely N-dealkylation sites (tertiary alicyclic amines) is 1. The minimum absolute atomic E-state index is 0. The van der Waals surface area contributed by atoms with Gasteiger partial charge in [-0.15, -0.1) is 24.0 Å². The van der Waals surface area contributed by atoms with Gasteiger partial charge in [0.15, 0.2) is 5.96 Å². The zero-order valence-corrected chi connectivity index (χ0v) is 20.4. The molecule has 3 heterocycles. The van der Waals surface area contributed by atoms with Crippen molar-refractivity contribution in [3.63, 3.8) is 0 Å². The highest BCUT2D eigenvalue weighted by molar-refractivity contribution is 14.0. The number of hydrogen-bond donors (Lipinski definition) is 1. The summed E-state index contributed by atoms with van der Waals surface area (Å²) < 4.78 is 10.4. The van der Waals surface area contributed by atoms with Crippen molar-refractivity contribution < 1.29 is 9.26 Å². The molecule has 0 aromatic carbocycles. The second-order valence-corrected chi connectivity index (χ2v) is 7.90. The Labute approximate surface area is 192 Å². The van der Waals surface area contributed by atoms with Crippen LogP contribution in [0.15, 0.2) is 15.6 Å². The van der Waals surface area contributed by atoms with Gasteiger partial charge in [-0.25, -0.2) is 0 Å². The normalized spacial score (nSPS) is 20.0. The summed E-state index contributed by atoms with van der Waals surface area (Å²) in [5.74, 6) is 2.65. The van der Waals surface area contributed by atoms with Crippen LogP contribution in [0.25, 0.3) is 0 Å². The molecule has 0 spiro atoms. The van der Waals surface area contributed by atoms with Crippen molar-refractivity contribution in [2.45, 2.75) is 26.3 Å².